The van der Waals surface area contributed by atoms with Crippen LogP contribution in [0.25, 0.3) is 0 Å². The molecular formula is C27H36F3N5O5. The van der Waals surface area contributed by atoms with Crippen molar-refractivity contribution in [2.45, 2.75) is 90.3 Å². The Kier molecular flexibility index (Phi) is 9.05. The molecule has 1 amide bonds. The average molecular weight is 568 g/mol. The smallest absolute Gasteiger partial charge is 0.421 e. The molecular weight excluding hydrogens is 531 g/mol. The van der Waals surface area contributed by atoms with Gasteiger partial charge in [-0.15, -0.1) is 0 Å². The second kappa shape index (κ2) is 11.8. The molecule has 1 aliphatic rings. The Morgan fingerprint density at radius 2 is 1.70 bits per heavy atom. The molecule has 0 radical (unpaired) electrons. The van der Waals surface area contributed by atoms with E-state index < -0.39 is 41.0 Å². The SMILES string of the molecule is COc1cc(C[C@H](NC(=O)OC(C)(C)C)C(=O)OC(C)(C)C)ccc1Nc1ncc(C(F)(F)F)c(NC2CC2)n1. The van der Waals surface area contributed by atoms with Gasteiger partial charge in [0.25, 0.3) is 0 Å². The summed E-state index contributed by atoms with van der Waals surface area (Å²) in [6.45, 7) is 10.3. The maximum absolute atomic E-state index is 13.4. The van der Waals surface area contributed by atoms with Crippen molar-refractivity contribution in [2.75, 3.05) is 17.7 Å². The number of amides is 1. The van der Waals surface area contributed by atoms with E-state index in [4.69, 9.17) is 14.2 Å². The van der Waals surface area contributed by atoms with Crippen LogP contribution in [0.1, 0.15) is 65.5 Å². The lowest BCUT2D eigenvalue weighted by Crippen LogP contribution is -2.47. The van der Waals surface area contributed by atoms with Crippen LogP contribution in [-0.2, 0) is 26.9 Å². The number of anilines is 3. The molecule has 1 aromatic heterocycles. The lowest BCUT2D eigenvalue weighted by Gasteiger charge is -2.26. The number of alkyl halides is 3. The van der Waals surface area contributed by atoms with Crippen molar-refractivity contribution in [1.29, 1.82) is 0 Å². The Balaban J connectivity index is 1.82. The highest BCUT2D eigenvalue weighted by molar-refractivity contribution is 5.82. The van der Waals surface area contributed by atoms with Crippen molar-refractivity contribution >= 4 is 29.5 Å². The van der Waals surface area contributed by atoms with Crippen LogP contribution >= 0.6 is 0 Å². The van der Waals surface area contributed by atoms with Gasteiger partial charge in [-0.3, -0.25) is 0 Å². The molecule has 0 aliphatic heterocycles. The summed E-state index contributed by atoms with van der Waals surface area (Å²) in [5.41, 5.74) is -1.51. The van der Waals surface area contributed by atoms with Crippen molar-refractivity contribution in [3.63, 3.8) is 0 Å². The normalized spacial score (nSPS) is 14.7. The molecule has 3 rings (SSSR count). The number of rotatable bonds is 9. The summed E-state index contributed by atoms with van der Waals surface area (Å²) in [4.78, 5) is 33.2. The summed E-state index contributed by atoms with van der Waals surface area (Å²) in [7, 11) is 1.42. The number of carbonyl (C=O) groups is 2. The number of carbonyl (C=O) groups excluding carboxylic acids is 2. The van der Waals surface area contributed by atoms with Gasteiger partial charge in [-0.2, -0.15) is 18.2 Å². The van der Waals surface area contributed by atoms with Crippen LogP contribution in [0, 0.1) is 0 Å². The van der Waals surface area contributed by atoms with E-state index in [-0.39, 0.29) is 24.2 Å². The van der Waals surface area contributed by atoms with Gasteiger partial charge < -0.3 is 30.2 Å². The minimum Gasteiger partial charge on any atom is -0.495 e. The molecule has 2 aromatic rings. The van der Waals surface area contributed by atoms with Gasteiger partial charge in [0.05, 0.1) is 12.8 Å². The number of esters is 1. The molecule has 1 aliphatic carbocycles. The highest BCUT2D eigenvalue weighted by Crippen LogP contribution is 2.37. The molecule has 1 aromatic carbocycles. The van der Waals surface area contributed by atoms with Crippen LogP contribution in [0.2, 0.25) is 0 Å². The highest BCUT2D eigenvalue weighted by atomic mass is 19.4. The first-order chi connectivity index (χ1) is 18.4. The number of hydrogen-bond acceptors (Lipinski definition) is 9. The predicted octanol–water partition coefficient (Wildman–Crippen LogP) is 5.60. The fourth-order valence-corrected chi connectivity index (χ4v) is 3.52. The first-order valence-electron chi connectivity index (χ1n) is 12.8. The van der Waals surface area contributed by atoms with Crippen LogP contribution < -0.4 is 20.7 Å². The molecule has 3 N–H and O–H groups in total. The Morgan fingerprint density at radius 1 is 1.05 bits per heavy atom. The number of methoxy groups -OCH3 is 1. The lowest BCUT2D eigenvalue weighted by atomic mass is 10.0. The average Bonchev–Trinajstić information content (AvgIpc) is 3.60. The van der Waals surface area contributed by atoms with Crippen LogP contribution in [0.4, 0.5) is 35.4 Å². The molecule has 0 unspecified atom stereocenters. The summed E-state index contributed by atoms with van der Waals surface area (Å²) in [6, 6.07) is 3.80. The van der Waals surface area contributed by atoms with E-state index in [0.29, 0.717) is 17.0 Å². The van der Waals surface area contributed by atoms with Crippen molar-refractivity contribution < 1.29 is 37.0 Å². The molecule has 0 spiro atoms. The Hall–Kier alpha value is -3.77. The molecule has 1 fully saturated rings. The van der Waals surface area contributed by atoms with Crippen molar-refractivity contribution in [2.24, 2.45) is 0 Å². The van der Waals surface area contributed by atoms with Crippen LogP contribution in [0.5, 0.6) is 5.75 Å². The molecule has 1 heterocycles. The van der Waals surface area contributed by atoms with Crippen molar-refractivity contribution in [1.82, 2.24) is 15.3 Å². The van der Waals surface area contributed by atoms with Gasteiger partial charge in [-0.25, -0.2) is 14.6 Å². The minimum absolute atomic E-state index is 0.0510. The summed E-state index contributed by atoms with van der Waals surface area (Å²) in [5, 5.41) is 8.26. The van der Waals surface area contributed by atoms with Gasteiger partial charge in [-0.05, 0) is 72.1 Å². The third-order valence-electron chi connectivity index (χ3n) is 5.35. The van der Waals surface area contributed by atoms with Gasteiger partial charge in [0, 0.05) is 18.7 Å². The van der Waals surface area contributed by atoms with E-state index in [1.807, 2.05) is 0 Å². The summed E-state index contributed by atoms with van der Waals surface area (Å²) in [5.74, 6) is -0.678. The number of halogens is 3. The lowest BCUT2D eigenvalue weighted by molar-refractivity contribution is -0.157. The van der Waals surface area contributed by atoms with E-state index in [0.717, 1.165) is 19.0 Å². The second-order valence-corrected chi connectivity index (χ2v) is 11.5. The predicted molar refractivity (Wildman–Crippen MR) is 143 cm³/mol. The first-order valence-corrected chi connectivity index (χ1v) is 12.8. The van der Waals surface area contributed by atoms with E-state index in [1.54, 1.807) is 59.7 Å². The number of ether oxygens (including phenoxy) is 3. The topological polar surface area (TPSA) is 124 Å². The van der Waals surface area contributed by atoms with E-state index >= 15 is 0 Å². The van der Waals surface area contributed by atoms with Crippen LogP contribution in [0.15, 0.2) is 24.4 Å². The number of nitrogens with one attached hydrogen (secondary N) is 3. The molecule has 0 saturated heterocycles. The van der Waals surface area contributed by atoms with Crippen LogP contribution in [-0.4, -0.2) is 52.4 Å². The Labute approximate surface area is 231 Å². The quantitative estimate of drug-likeness (QED) is 0.332. The number of benzene rings is 1. The molecule has 1 atom stereocenters. The standard InChI is InChI=1S/C27H36F3N5O5/c1-25(2,3)39-22(36)19(34-24(37)40-26(4,5)6)12-15-8-11-18(20(13-15)38-7)33-23-31-14-17(27(28,29)30)21(35-23)32-16-9-10-16/h8,11,13-14,16,19H,9-10,12H2,1-7H3,(H,34,37)(H2,31,32,33,35)/t19-/m0/s1. The fraction of sp³-hybridized carbons (Fsp3) is 0.556. The van der Waals surface area contributed by atoms with E-state index in [9.17, 15) is 22.8 Å². The first kappa shape index (κ1) is 30.8. The number of aromatic nitrogens is 2. The van der Waals surface area contributed by atoms with Gasteiger partial charge in [-0.1, -0.05) is 6.07 Å². The molecule has 220 valence electrons. The third kappa shape index (κ3) is 9.45. The molecule has 40 heavy (non-hydrogen) atoms. The third-order valence-corrected chi connectivity index (χ3v) is 5.35. The van der Waals surface area contributed by atoms with E-state index in [2.05, 4.69) is 25.9 Å². The Bertz CT molecular complexity index is 1220. The largest absolute Gasteiger partial charge is 0.495 e. The number of alkyl carbamates (subject to hydrolysis) is 1. The van der Waals surface area contributed by atoms with E-state index in [1.165, 1.54) is 7.11 Å². The maximum Gasteiger partial charge on any atom is 0.421 e. The van der Waals surface area contributed by atoms with Gasteiger partial charge in [0.1, 0.15) is 34.4 Å². The van der Waals surface area contributed by atoms with Gasteiger partial charge in [0.15, 0.2) is 0 Å². The summed E-state index contributed by atoms with van der Waals surface area (Å²) < 4.78 is 56.5. The minimum atomic E-state index is -4.60. The molecule has 1 saturated carbocycles. The molecule has 10 nitrogen and oxygen atoms in total. The summed E-state index contributed by atoms with van der Waals surface area (Å²) >= 11 is 0. The number of hydrogen-bond donors (Lipinski definition) is 3. The van der Waals surface area contributed by atoms with Gasteiger partial charge >= 0.3 is 18.2 Å². The monoisotopic (exact) mass is 567 g/mol. The highest BCUT2D eigenvalue weighted by Gasteiger charge is 2.37. The zero-order valence-electron chi connectivity index (χ0n) is 23.7. The van der Waals surface area contributed by atoms with Crippen molar-refractivity contribution in [3.05, 3.63) is 35.5 Å². The summed E-state index contributed by atoms with van der Waals surface area (Å²) in [6.07, 6.45) is -3.05. The Morgan fingerprint density at radius 3 is 2.25 bits per heavy atom. The maximum atomic E-state index is 13.4. The zero-order valence-corrected chi connectivity index (χ0v) is 23.7. The molecule has 0 bridgehead atoms. The van der Waals surface area contributed by atoms with Gasteiger partial charge in [0.2, 0.25) is 5.95 Å². The molecule has 13 heteroatoms. The fourth-order valence-electron chi connectivity index (χ4n) is 3.52. The number of nitrogens with zero attached hydrogens (tertiary/aromatic N) is 2. The second-order valence-electron chi connectivity index (χ2n) is 11.5. The zero-order chi connectivity index (χ0) is 29.9. The van der Waals surface area contributed by atoms with Crippen molar-refractivity contribution in [3.8, 4) is 5.75 Å². The van der Waals surface area contributed by atoms with Crippen LogP contribution in [0.3, 0.4) is 0 Å².